The average Bonchev–Trinajstić information content (AvgIpc) is 2.71. The van der Waals surface area contributed by atoms with Crippen LogP contribution < -0.4 is 5.32 Å². The number of nitrogens with zero attached hydrogens (tertiary/aromatic N) is 5. The molecule has 1 saturated heterocycles. The monoisotopic (exact) mass is 204 g/mol. The maximum atomic E-state index is 4.30. The summed E-state index contributed by atoms with van der Waals surface area (Å²) in [5, 5.41) is 11.3. The van der Waals surface area contributed by atoms with E-state index in [0.717, 1.165) is 24.6 Å². The molecule has 0 bridgehead atoms. The smallest absolute Gasteiger partial charge is 0.159 e. The Bertz CT molecular complexity index is 466. The molecule has 6 nitrogen and oxygen atoms in total. The zero-order valence-corrected chi connectivity index (χ0v) is 8.46. The van der Waals surface area contributed by atoms with Crippen molar-refractivity contribution in [2.24, 2.45) is 7.05 Å². The van der Waals surface area contributed by atoms with Crippen LogP contribution in [0.25, 0.3) is 11.5 Å². The maximum Gasteiger partial charge on any atom is 0.159 e. The standard InChI is InChI=1S/C9H12N6/c1-14-3-2-11-9(14)8-6-12-13-15(8)7-4-10-5-7/h2-3,6-7,10H,4-5H2,1H3. The van der Waals surface area contributed by atoms with Crippen LogP contribution in [0.2, 0.25) is 0 Å². The van der Waals surface area contributed by atoms with Crippen molar-refractivity contribution in [1.82, 2.24) is 29.9 Å². The summed E-state index contributed by atoms with van der Waals surface area (Å²) in [5.74, 6) is 0.909. The first-order valence-corrected chi connectivity index (χ1v) is 4.95. The lowest BCUT2D eigenvalue weighted by molar-refractivity contribution is 0.315. The van der Waals surface area contributed by atoms with Gasteiger partial charge in [-0.25, -0.2) is 9.67 Å². The van der Waals surface area contributed by atoms with Gasteiger partial charge in [0.05, 0.1) is 12.2 Å². The molecule has 1 aliphatic rings. The van der Waals surface area contributed by atoms with Gasteiger partial charge in [0, 0.05) is 32.5 Å². The third-order valence-corrected chi connectivity index (χ3v) is 2.73. The van der Waals surface area contributed by atoms with E-state index in [4.69, 9.17) is 0 Å². The van der Waals surface area contributed by atoms with Crippen molar-refractivity contribution in [3.63, 3.8) is 0 Å². The lowest BCUT2D eigenvalue weighted by Crippen LogP contribution is -2.44. The summed E-state index contributed by atoms with van der Waals surface area (Å²) in [7, 11) is 1.97. The molecule has 0 aliphatic carbocycles. The summed E-state index contributed by atoms with van der Waals surface area (Å²) < 4.78 is 3.92. The number of rotatable bonds is 2. The second-order valence-electron chi connectivity index (χ2n) is 3.74. The number of imidazole rings is 1. The molecule has 0 aromatic carbocycles. The van der Waals surface area contributed by atoms with Crippen molar-refractivity contribution in [3.05, 3.63) is 18.6 Å². The van der Waals surface area contributed by atoms with E-state index in [9.17, 15) is 0 Å². The minimum absolute atomic E-state index is 0.416. The fourth-order valence-corrected chi connectivity index (χ4v) is 1.73. The highest BCUT2D eigenvalue weighted by Gasteiger charge is 2.23. The van der Waals surface area contributed by atoms with Crippen LogP contribution in [0.3, 0.4) is 0 Å². The van der Waals surface area contributed by atoms with E-state index in [1.54, 1.807) is 12.4 Å². The number of aromatic nitrogens is 5. The Morgan fingerprint density at radius 1 is 1.47 bits per heavy atom. The zero-order valence-electron chi connectivity index (χ0n) is 8.46. The summed E-state index contributed by atoms with van der Waals surface area (Å²) >= 11 is 0. The van der Waals surface area contributed by atoms with E-state index in [2.05, 4.69) is 20.6 Å². The van der Waals surface area contributed by atoms with Gasteiger partial charge in [-0.3, -0.25) is 0 Å². The van der Waals surface area contributed by atoms with Crippen LogP contribution in [-0.4, -0.2) is 37.6 Å². The van der Waals surface area contributed by atoms with Crippen molar-refractivity contribution >= 4 is 0 Å². The molecular formula is C9H12N6. The molecule has 0 spiro atoms. The van der Waals surface area contributed by atoms with Crippen molar-refractivity contribution in [2.75, 3.05) is 13.1 Å². The first kappa shape index (κ1) is 8.60. The highest BCUT2D eigenvalue weighted by atomic mass is 15.5. The fraction of sp³-hybridized carbons (Fsp3) is 0.444. The van der Waals surface area contributed by atoms with Crippen LogP contribution in [-0.2, 0) is 7.05 Å². The van der Waals surface area contributed by atoms with Crippen molar-refractivity contribution in [1.29, 1.82) is 0 Å². The largest absolute Gasteiger partial charge is 0.333 e. The summed E-state index contributed by atoms with van der Waals surface area (Å²) in [4.78, 5) is 4.30. The maximum absolute atomic E-state index is 4.30. The predicted octanol–water partition coefficient (Wildman–Crippen LogP) is -0.177. The van der Waals surface area contributed by atoms with Gasteiger partial charge in [0.15, 0.2) is 5.82 Å². The highest BCUT2D eigenvalue weighted by Crippen LogP contribution is 2.20. The molecule has 15 heavy (non-hydrogen) atoms. The van der Waals surface area contributed by atoms with E-state index in [1.165, 1.54) is 0 Å². The molecular weight excluding hydrogens is 192 g/mol. The Labute approximate surface area is 86.9 Å². The molecule has 1 fully saturated rings. The molecule has 0 radical (unpaired) electrons. The van der Waals surface area contributed by atoms with E-state index in [1.807, 2.05) is 22.5 Å². The Kier molecular flexibility index (Phi) is 1.81. The Morgan fingerprint density at radius 2 is 2.33 bits per heavy atom. The molecule has 1 aliphatic heterocycles. The van der Waals surface area contributed by atoms with Gasteiger partial charge in [0.25, 0.3) is 0 Å². The third kappa shape index (κ3) is 1.25. The van der Waals surface area contributed by atoms with E-state index >= 15 is 0 Å². The van der Waals surface area contributed by atoms with Gasteiger partial charge in [-0.15, -0.1) is 5.10 Å². The lowest BCUT2D eigenvalue weighted by atomic mass is 10.2. The summed E-state index contributed by atoms with van der Waals surface area (Å²) in [6.45, 7) is 1.92. The number of aryl methyl sites for hydroxylation is 1. The molecule has 3 rings (SSSR count). The summed E-state index contributed by atoms with van der Waals surface area (Å²) in [6.07, 6.45) is 5.47. The summed E-state index contributed by atoms with van der Waals surface area (Å²) in [5.41, 5.74) is 0.981. The first-order valence-electron chi connectivity index (χ1n) is 4.95. The molecule has 78 valence electrons. The normalized spacial score (nSPS) is 16.6. The Balaban J connectivity index is 2.04. The van der Waals surface area contributed by atoms with Crippen molar-refractivity contribution < 1.29 is 0 Å². The SMILES string of the molecule is Cn1ccnc1-c1cnnn1C1CNC1. The van der Waals surface area contributed by atoms with Crippen LogP contribution >= 0.6 is 0 Å². The summed E-state index contributed by atoms with van der Waals surface area (Å²) in [6, 6.07) is 0.416. The van der Waals surface area contributed by atoms with Gasteiger partial charge in [-0.2, -0.15) is 0 Å². The second-order valence-corrected chi connectivity index (χ2v) is 3.74. The molecule has 2 aromatic rings. The Morgan fingerprint density at radius 3 is 2.93 bits per heavy atom. The van der Waals surface area contributed by atoms with Crippen LogP contribution in [0.1, 0.15) is 6.04 Å². The average molecular weight is 204 g/mol. The van der Waals surface area contributed by atoms with E-state index in [-0.39, 0.29) is 0 Å². The number of hydrogen-bond donors (Lipinski definition) is 1. The van der Waals surface area contributed by atoms with Crippen LogP contribution in [0.15, 0.2) is 18.6 Å². The topological polar surface area (TPSA) is 60.6 Å². The quantitative estimate of drug-likeness (QED) is 0.737. The third-order valence-electron chi connectivity index (χ3n) is 2.73. The van der Waals surface area contributed by atoms with Crippen LogP contribution in [0, 0.1) is 0 Å². The molecule has 0 atom stereocenters. The minimum Gasteiger partial charge on any atom is -0.333 e. The molecule has 3 heterocycles. The predicted molar refractivity (Wildman–Crippen MR) is 54.1 cm³/mol. The Hall–Kier alpha value is -1.69. The van der Waals surface area contributed by atoms with Crippen molar-refractivity contribution in [3.8, 4) is 11.5 Å². The van der Waals surface area contributed by atoms with Gasteiger partial charge >= 0.3 is 0 Å². The van der Waals surface area contributed by atoms with E-state index < -0.39 is 0 Å². The number of nitrogens with one attached hydrogen (secondary N) is 1. The van der Waals surface area contributed by atoms with Crippen molar-refractivity contribution in [2.45, 2.75) is 6.04 Å². The molecule has 0 saturated carbocycles. The van der Waals surface area contributed by atoms with Gasteiger partial charge in [-0.1, -0.05) is 5.21 Å². The molecule has 1 N–H and O–H groups in total. The molecule has 0 unspecified atom stereocenters. The lowest BCUT2D eigenvalue weighted by Gasteiger charge is -2.27. The number of hydrogen-bond acceptors (Lipinski definition) is 4. The van der Waals surface area contributed by atoms with Gasteiger partial charge < -0.3 is 9.88 Å². The van der Waals surface area contributed by atoms with Crippen LogP contribution in [0.4, 0.5) is 0 Å². The zero-order chi connectivity index (χ0) is 10.3. The molecule has 2 aromatic heterocycles. The molecule has 0 amide bonds. The van der Waals surface area contributed by atoms with Gasteiger partial charge in [0.1, 0.15) is 5.69 Å². The fourth-order valence-electron chi connectivity index (χ4n) is 1.73. The van der Waals surface area contributed by atoms with Gasteiger partial charge in [0.2, 0.25) is 0 Å². The first-order chi connectivity index (χ1) is 7.36. The van der Waals surface area contributed by atoms with E-state index in [0.29, 0.717) is 6.04 Å². The second kappa shape index (κ2) is 3.16. The minimum atomic E-state index is 0.416. The van der Waals surface area contributed by atoms with Crippen LogP contribution in [0.5, 0.6) is 0 Å². The highest BCUT2D eigenvalue weighted by molar-refractivity contribution is 5.48. The van der Waals surface area contributed by atoms with Gasteiger partial charge in [-0.05, 0) is 0 Å². The molecule has 6 heteroatoms.